The van der Waals surface area contributed by atoms with Crippen molar-refractivity contribution in [2.75, 3.05) is 11.5 Å². The minimum atomic E-state index is -4.60. The van der Waals surface area contributed by atoms with Crippen molar-refractivity contribution in [3.05, 3.63) is 59.7 Å². The van der Waals surface area contributed by atoms with Gasteiger partial charge in [0.1, 0.15) is 11.4 Å². The van der Waals surface area contributed by atoms with Gasteiger partial charge in [0.25, 0.3) is 0 Å². The summed E-state index contributed by atoms with van der Waals surface area (Å²) in [5.41, 5.74) is 17.7. The fourth-order valence-electron chi connectivity index (χ4n) is 2.93. The number of H-pyrrole nitrogens is 1. The Bertz CT molecular complexity index is 1280. The summed E-state index contributed by atoms with van der Waals surface area (Å²) in [6.45, 7) is 0. The number of rotatable bonds is 3. The molecule has 4 rings (SSSR count). The molecule has 0 saturated heterocycles. The van der Waals surface area contributed by atoms with Gasteiger partial charge in [0.15, 0.2) is 23.2 Å². The third-order valence-electron chi connectivity index (χ3n) is 4.29. The van der Waals surface area contributed by atoms with E-state index in [4.69, 9.17) is 17.2 Å². The number of aromatic nitrogens is 4. The van der Waals surface area contributed by atoms with E-state index in [2.05, 4.69) is 24.9 Å². The van der Waals surface area contributed by atoms with Gasteiger partial charge in [0.2, 0.25) is 0 Å². The standard InChI is InChI=1S/C19H15F3N8/c20-19(21,22)11-7-3-1-5-9(11)15-28-16(13-17(29-15)30-18(25)26-13)27-14(24)10-6-2-4-8-12(10)23/h1-8H,23H2,(H5,24,25,26,27,28,29,30). The average molecular weight is 412 g/mol. The van der Waals surface area contributed by atoms with E-state index in [1.807, 2.05) is 0 Å². The number of aromatic amines is 1. The number of alkyl halides is 3. The zero-order valence-electron chi connectivity index (χ0n) is 15.3. The number of hydrogen-bond acceptors (Lipinski definition) is 6. The predicted octanol–water partition coefficient (Wildman–Crippen LogP) is 3.24. The Kier molecular flexibility index (Phi) is 4.49. The Balaban J connectivity index is 1.94. The summed E-state index contributed by atoms with van der Waals surface area (Å²) in [6.07, 6.45) is -4.60. The minimum absolute atomic E-state index is 0.00908. The van der Waals surface area contributed by atoms with Gasteiger partial charge < -0.3 is 22.2 Å². The molecule has 0 atom stereocenters. The third kappa shape index (κ3) is 3.48. The Morgan fingerprint density at radius 2 is 1.63 bits per heavy atom. The molecule has 0 spiro atoms. The first-order valence-electron chi connectivity index (χ1n) is 8.63. The number of hydrogen-bond donors (Lipinski definition) is 4. The molecular weight excluding hydrogens is 397 g/mol. The fraction of sp³-hybridized carbons (Fsp3) is 0.0526. The van der Waals surface area contributed by atoms with E-state index < -0.39 is 11.7 Å². The SMILES string of the molecule is NC(=Nc1nc(-c2ccccc2C(F)(F)F)nc2nc(N)[nH]c12)c1ccccc1N. The van der Waals surface area contributed by atoms with Crippen LogP contribution < -0.4 is 17.2 Å². The monoisotopic (exact) mass is 412 g/mol. The number of nitrogen functional groups attached to an aromatic ring is 2. The zero-order chi connectivity index (χ0) is 21.5. The van der Waals surface area contributed by atoms with E-state index in [0.717, 1.165) is 6.07 Å². The van der Waals surface area contributed by atoms with Crippen LogP contribution in [0.3, 0.4) is 0 Å². The van der Waals surface area contributed by atoms with Crippen LogP contribution in [0.4, 0.5) is 30.6 Å². The number of nitrogens with zero attached hydrogens (tertiary/aromatic N) is 4. The molecule has 0 aliphatic carbocycles. The second kappa shape index (κ2) is 7.03. The molecule has 0 bridgehead atoms. The number of halogens is 3. The topological polar surface area (TPSA) is 145 Å². The summed E-state index contributed by atoms with van der Waals surface area (Å²) < 4.78 is 40.4. The van der Waals surface area contributed by atoms with Crippen molar-refractivity contribution in [2.24, 2.45) is 10.7 Å². The molecule has 152 valence electrons. The van der Waals surface area contributed by atoms with Crippen molar-refractivity contribution in [2.45, 2.75) is 6.18 Å². The number of amidine groups is 1. The van der Waals surface area contributed by atoms with Crippen molar-refractivity contribution >= 4 is 34.5 Å². The van der Waals surface area contributed by atoms with Gasteiger partial charge in [0, 0.05) is 16.8 Å². The maximum absolute atomic E-state index is 13.5. The highest BCUT2D eigenvalue weighted by Gasteiger charge is 2.34. The number of benzene rings is 2. The molecule has 0 aliphatic heterocycles. The lowest BCUT2D eigenvalue weighted by Gasteiger charge is -2.12. The number of para-hydroxylation sites is 1. The molecule has 2 heterocycles. The summed E-state index contributed by atoms with van der Waals surface area (Å²) in [4.78, 5) is 19.4. The summed E-state index contributed by atoms with van der Waals surface area (Å²) in [7, 11) is 0. The number of nitrogens with two attached hydrogens (primary N) is 3. The van der Waals surface area contributed by atoms with Gasteiger partial charge in [-0.25, -0.2) is 15.0 Å². The van der Waals surface area contributed by atoms with Gasteiger partial charge >= 0.3 is 6.18 Å². The number of aliphatic imine (C=N–C) groups is 1. The first-order valence-corrected chi connectivity index (χ1v) is 8.63. The molecule has 0 radical (unpaired) electrons. The molecule has 0 amide bonds. The average Bonchev–Trinajstić information content (AvgIpc) is 3.08. The van der Waals surface area contributed by atoms with Crippen LogP contribution in [0.2, 0.25) is 0 Å². The normalized spacial score (nSPS) is 12.4. The van der Waals surface area contributed by atoms with Crippen LogP contribution >= 0.6 is 0 Å². The molecule has 0 fully saturated rings. The van der Waals surface area contributed by atoms with E-state index >= 15 is 0 Å². The Morgan fingerprint density at radius 1 is 0.933 bits per heavy atom. The second-order valence-electron chi connectivity index (χ2n) is 6.32. The summed E-state index contributed by atoms with van der Waals surface area (Å²) in [5, 5.41) is 0. The smallest absolute Gasteiger partial charge is 0.398 e. The summed E-state index contributed by atoms with van der Waals surface area (Å²) in [5.74, 6) is -0.197. The van der Waals surface area contributed by atoms with Crippen LogP contribution in [-0.4, -0.2) is 25.8 Å². The lowest BCUT2D eigenvalue weighted by atomic mass is 10.1. The van der Waals surface area contributed by atoms with Crippen molar-refractivity contribution in [1.29, 1.82) is 0 Å². The maximum atomic E-state index is 13.5. The van der Waals surface area contributed by atoms with Crippen LogP contribution in [0.5, 0.6) is 0 Å². The highest BCUT2D eigenvalue weighted by Crippen LogP contribution is 2.37. The number of fused-ring (bicyclic) bond motifs is 1. The van der Waals surface area contributed by atoms with Crippen LogP contribution in [0.1, 0.15) is 11.1 Å². The van der Waals surface area contributed by atoms with Gasteiger partial charge in [-0.05, 0) is 18.2 Å². The lowest BCUT2D eigenvalue weighted by Crippen LogP contribution is -2.15. The number of imidazole rings is 1. The summed E-state index contributed by atoms with van der Waals surface area (Å²) >= 11 is 0. The summed E-state index contributed by atoms with van der Waals surface area (Å²) in [6, 6.07) is 11.7. The van der Waals surface area contributed by atoms with Crippen LogP contribution in [0.25, 0.3) is 22.6 Å². The molecule has 11 heteroatoms. The van der Waals surface area contributed by atoms with E-state index in [0.29, 0.717) is 11.3 Å². The Hall–Kier alpha value is -4.15. The van der Waals surface area contributed by atoms with Crippen molar-refractivity contribution in [1.82, 2.24) is 19.9 Å². The zero-order valence-corrected chi connectivity index (χ0v) is 15.3. The largest absolute Gasteiger partial charge is 0.417 e. The Morgan fingerprint density at radius 3 is 2.37 bits per heavy atom. The van der Waals surface area contributed by atoms with Gasteiger partial charge in [0.05, 0.1) is 5.56 Å². The lowest BCUT2D eigenvalue weighted by molar-refractivity contribution is -0.137. The number of anilines is 2. The Labute approximate surface area is 167 Å². The van der Waals surface area contributed by atoms with E-state index in [1.54, 1.807) is 24.3 Å². The maximum Gasteiger partial charge on any atom is 0.417 e. The van der Waals surface area contributed by atoms with E-state index in [9.17, 15) is 13.2 Å². The molecule has 2 aromatic carbocycles. The van der Waals surface area contributed by atoms with Crippen molar-refractivity contribution in [3.8, 4) is 11.4 Å². The van der Waals surface area contributed by atoms with Gasteiger partial charge in [-0.15, -0.1) is 0 Å². The molecule has 2 aromatic heterocycles. The second-order valence-corrected chi connectivity index (χ2v) is 6.32. The molecule has 8 nitrogen and oxygen atoms in total. The van der Waals surface area contributed by atoms with Crippen LogP contribution in [0, 0.1) is 0 Å². The predicted molar refractivity (Wildman–Crippen MR) is 108 cm³/mol. The highest BCUT2D eigenvalue weighted by molar-refractivity contribution is 6.04. The van der Waals surface area contributed by atoms with Gasteiger partial charge in [-0.2, -0.15) is 18.2 Å². The molecule has 7 N–H and O–H groups in total. The van der Waals surface area contributed by atoms with Crippen molar-refractivity contribution < 1.29 is 13.2 Å². The minimum Gasteiger partial charge on any atom is -0.398 e. The van der Waals surface area contributed by atoms with Crippen LogP contribution in [0.15, 0.2) is 53.5 Å². The molecule has 0 unspecified atom stereocenters. The first kappa shape index (κ1) is 19.2. The molecule has 0 aliphatic rings. The van der Waals surface area contributed by atoms with Crippen LogP contribution in [-0.2, 0) is 6.18 Å². The molecule has 4 aromatic rings. The van der Waals surface area contributed by atoms with E-state index in [-0.39, 0.29) is 40.2 Å². The van der Waals surface area contributed by atoms with Gasteiger partial charge in [-0.1, -0.05) is 30.3 Å². The molecular formula is C19H15F3N8. The molecule has 0 saturated carbocycles. The third-order valence-corrected chi connectivity index (χ3v) is 4.29. The number of nitrogens with one attached hydrogen (secondary N) is 1. The highest BCUT2D eigenvalue weighted by atomic mass is 19.4. The van der Waals surface area contributed by atoms with E-state index in [1.165, 1.54) is 18.2 Å². The molecule has 30 heavy (non-hydrogen) atoms. The van der Waals surface area contributed by atoms with Crippen molar-refractivity contribution in [3.63, 3.8) is 0 Å². The fourth-order valence-corrected chi connectivity index (χ4v) is 2.93. The first-order chi connectivity index (χ1) is 14.2. The van der Waals surface area contributed by atoms with Gasteiger partial charge in [-0.3, -0.25) is 0 Å². The quantitative estimate of drug-likeness (QED) is 0.231.